The van der Waals surface area contributed by atoms with E-state index in [-0.39, 0.29) is 24.7 Å². The zero-order chi connectivity index (χ0) is 21.0. The number of hydrogen-bond donors (Lipinski definition) is 0. The van der Waals surface area contributed by atoms with Crippen LogP contribution in [0.1, 0.15) is 5.56 Å². The molecule has 0 fully saturated rings. The maximum atomic E-state index is 13.0. The van der Waals surface area contributed by atoms with Gasteiger partial charge in [-0.05, 0) is 42.0 Å². The highest BCUT2D eigenvalue weighted by Crippen LogP contribution is 2.17. The summed E-state index contributed by atoms with van der Waals surface area (Å²) >= 11 is 0. The Morgan fingerprint density at radius 3 is 2.45 bits per heavy atom. The normalized spacial score (nSPS) is 10.9. The fourth-order valence-corrected chi connectivity index (χ4v) is 2.50. The van der Waals surface area contributed by atoms with E-state index in [1.807, 2.05) is 0 Å². The van der Waals surface area contributed by atoms with Gasteiger partial charge in [-0.15, -0.1) is 5.10 Å². The number of hydrogen-bond acceptors (Lipinski definition) is 5. The molecule has 2 aromatic carbocycles. The van der Waals surface area contributed by atoms with E-state index in [1.54, 1.807) is 12.1 Å². The van der Waals surface area contributed by atoms with E-state index in [2.05, 4.69) is 9.84 Å². The van der Waals surface area contributed by atoms with Crippen LogP contribution in [0.4, 0.5) is 13.2 Å². The molecule has 1 aromatic heterocycles. The number of nitrogens with zero attached hydrogens (tertiary/aromatic N) is 3. The van der Waals surface area contributed by atoms with Crippen LogP contribution in [0.25, 0.3) is 11.5 Å². The second-order valence-corrected chi connectivity index (χ2v) is 6.11. The first-order valence-electron chi connectivity index (χ1n) is 8.43. The first kappa shape index (κ1) is 20.2. The topological polar surface area (TPSA) is 77.6 Å². The van der Waals surface area contributed by atoms with Gasteiger partial charge in [-0.1, -0.05) is 12.1 Å². The fraction of sp³-hybridized carbons (Fsp3) is 0.211. The SMILES string of the molecule is CN(Cc1ccc(OC(F)F)cc1)C(=O)Cn1nc(-c2ccc(F)cc2)oc1=O. The zero-order valence-electron chi connectivity index (χ0n) is 15.2. The fourth-order valence-electron chi connectivity index (χ4n) is 2.50. The Morgan fingerprint density at radius 2 is 1.83 bits per heavy atom. The van der Waals surface area contributed by atoms with Gasteiger partial charge in [0, 0.05) is 19.2 Å². The van der Waals surface area contributed by atoms with Gasteiger partial charge in [0.15, 0.2) is 0 Å². The van der Waals surface area contributed by atoms with Crippen LogP contribution in [0.3, 0.4) is 0 Å². The number of ether oxygens (including phenoxy) is 1. The highest BCUT2D eigenvalue weighted by Gasteiger charge is 2.16. The van der Waals surface area contributed by atoms with Crippen molar-refractivity contribution in [3.63, 3.8) is 0 Å². The Kier molecular flexibility index (Phi) is 6.01. The van der Waals surface area contributed by atoms with Crippen LogP contribution in [0.2, 0.25) is 0 Å². The van der Waals surface area contributed by atoms with E-state index < -0.39 is 24.1 Å². The second kappa shape index (κ2) is 8.63. The first-order chi connectivity index (χ1) is 13.8. The number of alkyl halides is 2. The molecule has 1 amide bonds. The van der Waals surface area contributed by atoms with Gasteiger partial charge in [-0.25, -0.2) is 9.18 Å². The van der Waals surface area contributed by atoms with Crippen molar-refractivity contribution in [1.82, 2.24) is 14.7 Å². The molecule has 7 nitrogen and oxygen atoms in total. The molecule has 0 unspecified atom stereocenters. The Hall–Kier alpha value is -3.56. The molecule has 0 saturated carbocycles. The van der Waals surface area contributed by atoms with E-state index in [0.29, 0.717) is 11.1 Å². The average Bonchev–Trinajstić information content (AvgIpc) is 3.04. The Morgan fingerprint density at radius 1 is 1.17 bits per heavy atom. The lowest BCUT2D eigenvalue weighted by Crippen LogP contribution is -2.33. The molecule has 0 bridgehead atoms. The Balaban J connectivity index is 1.64. The van der Waals surface area contributed by atoms with Gasteiger partial charge in [0.1, 0.15) is 18.1 Å². The molecule has 0 aliphatic rings. The van der Waals surface area contributed by atoms with Crippen LogP contribution < -0.4 is 10.5 Å². The number of carbonyl (C=O) groups is 1. The number of halogens is 3. The summed E-state index contributed by atoms with van der Waals surface area (Å²) in [4.78, 5) is 25.7. The lowest BCUT2D eigenvalue weighted by molar-refractivity contribution is -0.131. The standard InChI is InChI=1S/C19H16F3N3O4/c1-24(10-12-2-8-15(9-3-12)28-18(21)22)16(26)11-25-19(27)29-17(23-25)13-4-6-14(20)7-5-13/h2-9,18H,10-11H2,1H3. The van der Waals surface area contributed by atoms with Crippen molar-refractivity contribution in [2.24, 2.45) is 0 Å². The first-order valence-corrected chi connectivity index (χ1v) is 8.43. The summed E-state index contributed by atoms with van der Waals surface area (Å²) in [6.07, 6.45) is 0. The second-order valence-electron chi connectivity index (χ2n) is 6.11. The third-order valence-electron chi connectivity index (χ3n) is 3.98. The Labute approximate surface area is 162 Å². The number of amides is 1. The maximum Gasteiger partial charge on any atom is 0.437 e. The van der Waals surface area contributed by atoms with Gasteiger partial charge < -0.3 is 14.1 Å². The number of rotatable bonds is 7. The number of aromatic nitrogens is 2. The van der Waals surface area contributed by atoms with Gasteiger partial charge in [-0.2, -0.15) is 13.5 Å². The zero-order valence-corrected chi connectivity index (χ0v) is 15.2. The highest BCUT2D eigenvalue weighted by atomic mass is 19.3. The molecule has 29 heavy (non-hydrogen) atoms. The summed E-state index contributed by atoms with van der Waals surface area (Å²) in [5, 5.41) is 3.96. The van der Waals surface area contributed by atoms with Crippen LogP contribution in [-0.2, 0) is 17.9 Å². The average molecular weight is 407 g/mol. The predicted molar refractivity (Wildman–Crippen MR) is 95.7 cm³/mol. The number of likely N-dealkylation sites (N-methyl/N-ethyl adjacent to an activating group) is 1. The number of benzene rings is 2. The molecular formula is C19H16F3N3O4. The third-order valence-corrected chi connectivity index (χ3v) is 3.98. The van der Waals surface area contributed by atoms with E-state index in [9.17, 15) is 22.8 Å². The number of carbonyl (C=O) groups excluding carboxylic acids is 1. The Bertz CT molecular complexity index is 1030. The van der Waals surface area contributed by atoms with Crippen LogP contribution >= 0.6 is 0 Å². The summed E-state index contributed by atoms with van der Waals surface area (Å²) in [5.74, 6) is -1.69. The molecule has 0 aliphatic carbocycles. The molecule has 152 valence electrons. The maximum absolute atomic E-state index is 13.0. The van der Waals surface area contributed by atoms with Crippen molar-refractivity contribution in [1.29, 1.82) is 0 Å². The minimum Gasteiger partial charge on any atom is -0.435 e. The predicted octanol–water partition coefficient (Wildman–Crippen LogP) is 2.90. The largest absolute Gasteiger partial charge is 0.437 e. The van der Waals surface area contributed by atoms with Crippen molar-refractivity contribution >= 4 is 5.91 Å². The summed E-state index contributed by atoms with van der Waals surface area (Å²) < 4.78 is 47.5. The van der Waals surface area contributed by atoms with Crippen LogP contribution in [0, 0.1) is 5.82 Å². The molecule has 0 atom stereocenters. The molecule has 0 radical (unpaired) electrons. The van der Waals surface area contributed by atoms with Gasteiger partial charge in [0.05, 0.1) is 0 Å². The van der Waals surface area contributed by atoms with Crippen molar-refractivity contribution in [3.8, 4) is 17.2 Å². The minimum atomic E-state index is -2.91. The van der Waals surface area contributed by atoms with E-state index in [1.165, 1.54) is 48.3 Å². The van der Waals surface area contributed by atoms with E-state index >= 15 is 0 Å². The smallest absolute Gasteiger partial charge is 0.435 e. The molecule has 10 heteroatoms. The molecule has 3 rings (SSSR count). The molecule has 0 N–H and O–H groups in total. The van der Waals surface area contributed by atoms with Crippen molar-refractivity contribution in [2.75, 3.05) is 7.05 Å². The van der Waals surface area contributed by atoms with Crippen molar-refractivity contribution in [3.05, 3.63) is 70.5 Å². The molecular weight excluding hydrogens is 391 g/mol. The van der Waals surface area contributed by atoms with Crippen molar-refractivity contribution < 1.29 is 27.1 Å². The molecule has 3 aromatic rings. The third kappa shape index (κ3) is 5.24. The molecule has 0 saturated heterocycles. The highest BCUT2D eigenvalue weighted by molar-refractivity contribution is 5.75. The summed E-state index contributed by atoms with van der Waals surface area (Å²) in [7, 11) is 1.53. The quantitative estimate of drug-likeness (QED) is 0.602. The van der Waals surface area contributed by atoms with Gasteiger partial charge in [-0.3, -0.25) is 4.79 Å². The van der Waals surface area contributed by atoms with Gasteiger partial charge in [0.25, 0.3) is 0 Å². The summed E-state index contributed by atoms with van der Waals surface area (Å²) in [6.45, 7) is -3.08. The van der Waals surface area contributed by atoms with Crippen LogP contribution in [0.5, 0.6) is 5.75 Å². The molecule has 0 spiro atoms. The molecule has 0 aliphatic heterocycles. The van der Waals surface area contributed by atoms with Gasteiger partial charge in [0.2, 0.25) is 11.8 Å². The summed E-state index contributed by atoms with van der Waals surface area (Å²) in [5.41, 5.74) is 1.08. The lowest BCUT2D eigenvalue weighted by atomic mass is 10.2. The van der Waals surface area contributed by atoms with E-state index in [0.717, 1.165) is 4.68 Å². The van der Waals surface area contributed by atoms with E-state index in [4.69, 9.17) is 4.42 Å². The van der Waals surface area contributed by atoms with Crippen LogP contribution in [-0.4, -0.2) is 34.2 Å². The minimum absolute atomic E-state index is 0.0141. The lowest BCUT2D eigenvalue weighted by Gasteiger charge is -2.17. The van der Waals surface area contributed by atoms with Crippen LogP contribution in [0.15, 0.2) is 57.7 Å². The summed E-state index contributed by atoms with van der Waals surface area (Å²) in [6, 6.07) is 11.1. The monoisotopic (exact) mass is 407 g/mol. The van der Waals surface area contributed by atoms with Crippen molar-refractivity contribution in [2.45, 2.75) is 19.7 Å². The van der Waals surface area contributed by atoms with Gasteiger partial charge >= 0.3 is 12.4 Å². The molecule has 1 heterocycles.